The van der Waals surface area contributed by atoms with Crippen molar-refractivity contribution < 1.29 is 4.74 Å². The number of aryl methyl sites for hydroxylation is 2. The van der Waals surface area contributed by atoms with E-state index in [1.807, 2.05) is 19.9 Å². The van der Waals surface area contributed by atoms with Gasteiger partial charge in [-0.1, -0.05) is 0 Å². The molecule has 0 amide bonds. The molecule has 0 unspecified atom stereocenters. The lowest BCUT2D eigenvalue weighted by atomic mass is 10.1. The van der Waals surface area contributed by atoms with Gasteiger partial charge in [-0.25, -0.2) is 4.98 Å². The summed E-state index contributed by atoms with van der Waals surface area (Å²) in [4.78, 5) is 8.17. The Hall–Kier alpha value is -2.41. The second kappa shape index (κ2) is 4.62. The molecule has 0 saturated heterocycles. The predicted octanol–water partition coefficient (Wildman–Crippen LogP) is 2.76. The van der Waals surface area contributed by atoms with E-state index in [1.54, 1.807) is 24.5 Å². The van der Waals surface area contributed by atoms with Gasteiger partial charge in [0.1, 0.15) is 17.4 Å². The molecule has 0 aliphatic carbocycles. The fourth-order valence-electron chi connectivity index (χ4n) is 1.53. The van der Waals surface area contributed by atoms with E-state index in [1.165, 1.54) is 0 Å². The number of nitriles is 1. The molecule has 2 aromatic rings. The Balaban J connectivity index is 2.43. The molecule has 0 N–H and O–H groups in total. The SMILES string of the molecule is Cc1cc(C)c(C#N)c(Oc2cccnc2)n1. The number of nitrogens with zero attached hydrogens (tertiary/aromatic N) is 3. The van der Waals surface area contributed by atoms with Crippen LogP contribution in [0.15, 0.2) is 30.6 Å². The van der Waals surface area contributed by atoms with Crippen LogP contribution >= 0.6 is 0 Å². The molecule has 2 aromatic heterocycles. The van der Waals surface area contributed by atoms with Gasteiger partial charge in [0.05, 0.1) is 6.20 Å². The lowest BCUT2D eigenvalue weighted by Crippen LogP contribution is -1.96. The molecular weight excluding hydrogens is 214 g/mol. The maximum absolute atomic E-state index is 9.08. The zero-order valence-corrected chi connectivity index (χ0v) is 9.64. The van der Waals surface area contributed by atoms with E-state index in [-0.39, 0.29) is 0 Å². The monoisotopic (exact) mass is 225 g/mol. The molecule has 0 aromatic carbocycles. The minimum Gasteiger partial charge on any atom is -0.436 e. The zero-order chi connectivity index (χ0) is 12.3. The van der Waals surface area contributed by atoms with Crippen LogP contribution in [0.2, 0.25) is 0 Å². The first-order valence-electron chi connectivity index (χ1n) is 5.17. The molecule has 4 heteroatoms. The van der Waals surface area contributed by atoms with Crippen LogP contribution in [0.5, 0.6) is 11.6 Å². The summed E-state index contributed by atoms with van der Waals surface area (Å²) in [5.41, 5.74) is 2.14. The minimum absolute atomic E-state index is 0.331. The Morgan fingerprint density at radius 3 is 2.82 bits per heavy atom. The van der Waals surface area contributed by atoms with Crippen molar-refractivity contribution in [2.45, 2.75) is 13.8 Å². The summed E-state index contributed by atoms with van der Waals surface area (Å²) in [6.45, 7) is 3.73. The summed E-state index contributed by atoms with van der Waals surface area (Å²) in [7, 11) is 0. The smallest absolute Gasteiger partial charge is 0.237 e. The van der Waals surface area contributed by atoms with Crippen molar-refractivity contribution >= 4 is 0 Å². The van der Waals surface area contributed by atoms with E-state index >= 15 is 0 Å². The maximum atomic E-state index is 9.08. The Bertz CT molecular complexity index is 573. The van der Waals surface area contributed by atoms with Crippen LogP contribution in [0, 0.1) is 25.2 Å². The fourth-order valence-corrected chi connectivity index (χ4v) is 1.53. The summed E-state index contributed by atoms with van der Waals surface area (Å²) in [6, 6.07) is 7.50. The molecule has 84 valence electrons. The number of pyridine rings is 2. The maximum Gasteiger partial charge on any atom is 0.237 e. The lowest BCUT2D eigenvalue weighted by molar-refractivity contribution is 0.457. The average Bonchev–Trinajstić information content (AvgIpc) is 2.30. The second-order valence-corrected chi connectivity index (χ2v) is 3.66. The summed E-state index contributed by atoms with van der Waals surface area (Å²) in [6.07, 6.45) is 3.24. The van der Waals surface area contributed by atoms with Crippen molar-refractivity contribution in [3.05, 3.63) is 47.4 Å². The highest BCUT2D eigenvalue weighted by molar-refractivity contribution is 5.46. The van der Waals surface area contributed by atoms with Gasteiger partial charge >= 0.3 is 0 Å². The van der Waals surface area contributed by atoms with Crippen LogP contribution in [0.3, 0.4) is 0 Å². The van der Waals surface area contributed by atoms with Crippen molar-refractivity contribution in [2.75, 3.05) is 0 Å². The molecule has 0 aliphatic rings. The quantitative estimate of drug-likeness (QED) is 0.788. The zero-order valence-electron chi connectivity index (χ0n) is 9.64. The second-order valence-electron chi connectivity index (χ2n) is 3.66. The molecule has 0 spiro atoms. The van der Waals surface area contributed by atoms with Gasteiger partial charge in [-0.2, -0.15) is 5.26 Å². The van der Waals surface area contributed by atoms with Crippen molar-refractivity contribution in [1.29, 1.82) is 5.26 Å². The van der Waals surface area contributed by atoms with E-state index < -0.39 is 0 Å². The van der Waals surface area contributed by atoms with Crippen LogP contribution in [-0.2, 0) is 0 Å². The number of hydrogen-bond donors (Lipinski definition) is 0. The van der Waals surface area contributed by atoms with Crippen molar-refractivity contribution in [3.63, 3.8) is 0 Å². The molecule has 0 fully saturated rings. The molecule has 0 saturated carbocycles. The van der Waals surface area contributed by atoms with Gasteiger partial charge in [-0.15, -0.1) is 0 Å². The Morgan fingerprint density at radius 1 is 1.35 bits per heavy atom. The van der Waals surface area contributed by atoms with Crippen LogP contribution in [0.25, 0.3) is 0 Å². The molecular formula is C13H11N3O. The Morgan fingerprint density at radius 2 is 2.18 bits per heavy atom. The highest BCUT2D eigenvalue weighted by Gasteiger charge is 2.10. The summed E-state index contributed by atoms with van der Waals surface area (Å²) in [5, 5.41) is 9.08. The molecule has 0 bridgehead atoms. The standard InChI is InChI=1S/C13H11N3O/c1-9-6-10(2)16-13(12(9)7-14)17-11-4-3-5-15-8-11/h3-6,8H,1-2H3. The number of rotatable bonds is 2. The number of hydrogen-bond acceptors (Lipinski definition) is 4. The van der Waals surface area contributed by atoms with E-state index in [0.717, 1.165) is 11.3 Å². The van der Waals surface area contributed by atoms with E-state index in [9.17, 15) is 0 Å². The first-order chi connectivity index (χ1) is 8.20. The molecule has 2 rings (SSSR count). The number of ether oxygens (including phenoxy) is 1. The largest absolute Gasteiger partial charge is 0.436 e. The Labute approximate surface area is 99.5 Å². The van der Waals surface area contributed by atoms with Crippen molar-refractivity contribution in [1.82, 2.24) is 9.97 Å². The third-order valence-electron chi connectivity index (χ3n) is 2.27. The van der Waals surface area contributed by atoms with E-state index in [0.29, 0.717) is 17.2 Å². The summed E-state index contributed by atoms with van der Waals surface area (Å²) >= 11 is 0. The van der Waals surface area contributed by atoms with Gasteiger partial charge in [0.2, 0.25) is 5.88 Å². The molecule has 2 heterocycles. The molecule has 4 nitrogen and oxygen atoms in total. The predicted molar refractivity (Wildman–Crippen MR) is 62.7 cm³/mol. The molecule has 0 aliphatic heterocycles. The fraction of sp³-hybridized carbons (Fsp3) is 0.154. The summed E-state index contributed by atoms with van der Waals surface area (Å²) in [5.74, 6) is 0.902. The molecule has 0 radical (unpaired) electrons. The first-order valence-corrected chi connectivity index (χ1v) is 5.17. The van der Waals surface area contributed by atoms with Gasteiger partial charge in [-0.05, 0) is 37.6 Å². The van der Waals surface area contributed by atoms with Gasteiger partial charge < -0.3 is 4.74 Å². The highest BCUT2D eigenvalue weighted by Crippen LogP contribution is 2.24. The molecule has 17 heavy (non-hydrogen) atoms. The third-order valence-corrected chi connectivity index (χ3v) is 2.27. The summed E-state index contributed by atoms with van der Waals surface area (Å²) < 4.78 is 5.57. The van der Waals surface area contributed by atoms with Gasteiger partial charge in [0, 0.05) is 11.9 Å². The van der Waals surface area contributed by atoms with Crippen molar-refractivity contribution in [3.8, 4) is 17.7 Å². The van der Waals surface area contributed by atoms with E-state index in [4.69, 9.17) is 10.00 Å². The molecule has 0 atom stereocenters. The normalized spacial score (nSPS) is 9.71. The van der Waals surface area contributed by atoms with Crippen LogP contribution in [0.4, 0.5) is 0 Å². The van der Waals surface area contributed by atoms with Crippen LogP contribution in [-0.4, -0.2) is 9.97 Å². The minimum atomic E-state index is 0.331. The number of aromatic nitrogens is 2. The van der Waals surface area contributed by atoms with Crippen LogP contribution < -0.4 is 4.74 Å². The highest BCUT2D eigenvalue weighted by atomic mass is 16.5. The Kier molecular flexibility index (Phi) is 3.01. The van der Waals surface area contributed by atoms with E-state index in [2.05, 4.69) is 16.0 Å². The first kappa shape index (κ1) is 11.1. The topological polar surface area (TPSA) is 58.8 Å². The lowest BCUT2D eigenvalue weighted by Gasteiger charge is -2.08. The van der Waals surface area contributed by atoms with Crippen molar-refractivity contribution in [2.24, 2.45) is 0 Å². The average molecular weight is 225 g/mol. The van der Waals surface area contributed by atoms with Gasteiger partial charge in [0.25, 0.3) is 0 Å². The van der Waals surface area contributed by atoms with Gasteiger partial charge in [0.15, 0.2) is 0 Å². The third kappa shape index (κ3) is 2.40. The van der Waals surface area contributed by atoms with Crippen LogP contribution in [0.1, 0.15) is 16.8 Å². The van der Waals surface area contributed by atoms with Gasteiger partial charge in [-0.3, -0.25) is 4.98 Å².